The number of anilines is 1. The fourth-order valence-corrected chi connectivity index (χ4v) is 2.56. The number of hydrogen-bond donors (Lipinski definition) is 0. The largest absolute Gasteiger partial charge is 0.466 e. The highest BCUT2D eigenvalue weighted by molar-refractivity contribution is 5.71. The van der Waals surface area contributed by atoms with Crippen LogP contribution in [-0.2, 0) is 9.53 Å². The zero-order chi connectivity index (χ0) is 15.9. The molecule has 22 heavy (non-hydrogen) atoms. The Kier molecular flexibility index (Phi) is 5.83. The summed E-state index contributed by atoms with van der Waals surface area (Å²) >= 11 is 0. The number of hydrogen-bond acceptors (Lipinski definition) is 7. The number of carbonyl (C=O) groups excluding carboxylic acids is 2. The van der Waals surface area contributed by atoms with Gasteiger partial charge in [0, 0.05) is 32.2 Å². The Morgan fingerprint density at radius 3 is 2.82 bits per heavy atom. The molecule has 1 saturated heterocycles. The van der Waals surface area contributed by atoms with Crippen LogP contribution in [0.15, 0.2) is 12.4 Å². The Balaban J connectivity index is 1.86. The minimum atomic E-state index is -0.146. The third kappa shape index (κ3) is 4.24. The lowest BCUT2D eigenvalue weighted by molar-refractivity contribution is -0.143. The van der Waals surface area contributed by atoms with Gasteiger partial charge in [0.15, 0.2) is 6.29 Å². The molecule has 1 aromatic heterocycles. The van der Waals surface area contributed by atoms with Gasteiger partial charge in [0.1, 0.15) is 11.5 Å². The van der Waals surface area contributed by atoms with Crippen molar-refractivity contribution in [2.24, 2.45) is 0 Å². The molecule has 7 heteroatoms. The molecule has 1 atom stereocenters. The van der Waals surface area contributed by atoms with Crippen LogP contribution in [0.3, 0.4) is 0 Å². The smallest absolute Gasteiger partial charge is 0.307 e. The maximum atomic E-state index is 11.4. The van der Waals surface area contributed by atoms with E-state index in [2.05, 4.69) is 26.7 Å². The van der Waals surface area contributed by atoms with Crippen LogP contribution in [0.2, 0.25) is 0 Å². The molecular formula is C15H22N4O3. The average molecular weight is 306 g/mol. The van der Waals surface area contributed by atoms with Gasteiger partial charge in [-0.2, -0.15) is 0 Å². The lowest BCUT2D eigenvalue weighted by Crippen LogP contribution is -2.52. The first-order valence-corrected chi connectivity index (χ1v) is 7.56. The predicted octanol–water partition coefficient (Wildman–Crippen LogP) is 0.753. The molecule has 1 aromatic rings. The second-order valence-electron chi connectivity index (χ2n) is 5.30. The van der Waals surface area contributed by atoms with Crippen molar-refractivity contribution in [3.05, 3.63) is 18.1 Å². The van der Waals surface area contributed by atoms with Gasteiger partial charge in [-0.25, -0.2) is 9.97 Å². The van der Waals surface area contributed by atoms with E-state index in [0.29, 0.717) is 37.6 Å². The van der Waals surface area contributed by atoms with Gasteiger partial charge in [-0.05, 0) is 13.8 Å². The van der Waals surface area contributed by atoms with Crippen LogP contribution in [0.25, 0.3) is 0 Å². The molecule has 2 rings (SSSR count). The Morgan fingerprint density at radius 2 is 2.23 bits per heavy atom. The summed E-state index contributed by atoms with van der Waals surface area (Å²) in [5.74, 6) is 0.634. The third-order valence-corrected chi connectivity index (χ3v) is 3.78. The van der Waals surface area contributed by atoms with Gasteiger partial charge in [-0.15, -0.1) is 0 Å². The Morgan fingerprint density at radius 1 is 1.41 bits per heavy atom. The molecular weight excluding hydrogens is 284 g/mol. The lowest BCUT2D eigenvalue weighted by atomic mass is 10.2. The molecule has 1 aliphatic rings. The summed E-state index contributed by atoms with van der Waals surface area (Å²) in [5.41, 5.74) is 0.338. The minimum absolute atomic E-state index is 0.146. The van der Waals surface area contributed by atoms with Gasteiger partial charge in [-0.3, -0.25) is 14.5 Å². The second kappa shape index (κ2) is 7.84. The van der Waals surface area contributed by atoms with Crippen molar-refractivity contribution in [2.45, 2.75) is 26.3 Å². The number of carbonyl (C=O) groups is 2. The van der Waals surface area contributed by atoms with Crippen molar-refractivity contribution in [2.75, 3.05) is 37.7 Å². The van der Waals surface area contributed by atoms with E-state index in [-0.39, 0.29) is 5.97 Å². The van der Waals surface area contributed by atoms with Gasteiger partial charge in [-0.1, -0.05) is 0 Å². The van der Waals surface area contributed by atoms with Crippen LogP contribution in [0.1, 0.15) is 30.8 Å². The molecule has 0 spiro atoms. The number of aromatic nitrogens is 2. The van der Waals surface area contributed by atoms with E-state index in [0.717, 1.165) is 25.5 Å². The molecule has 120 valence electrons. The Hall–Kier alpha value is -2.02. The molecule has 0 aliphatic carbocycles. The van der Waals surface area contributed by atoms with Crippen molar-refractivity contribution in [1.82, 2.24) is 14.9 Å². The standard InChI is InChI=1S/C15H22N4O3/c1-3-22-15(21)4-5-18-6-7-19(10-12(18)2)14-9-16-13(11-20)8-17-14/h8-9,11-12H,3-7,10H2,1-2H3/t12-/m1/s1. The molecule has 0 amide bonds. The Bertz CT molecular complexity index is 506. The molecule has 2 heterocycles. The summed E-state index contributed by atoms with van der Waals surface area (Å²) in [6.07, 6.45) is 4.23. The highest BCUT2D eigenvalue weighted by Crippen LogP contribution is 2.16. The van der Waals surface area contributed by atoms with Crippen molar-refractivity contribution in [3.63, 3.8) is 0 Å². The number of ether oxygens (including phenoxy) is 1. The Labute approximate surface area is 130 Å². The average Bonchev–Trinajstić information content (AvgIpc) is 2.54. The molecule has 7 nitrogen and oxygen atoms in total. The van der Waals surface area contributed by atoms with Crippen molar-refractivity contribution in [1.29, 1.82) is 0 Å². The summed E-state index contributed by atoms with van der Waals surface area (Å²) in [5, 5.41) is 0. The van der Waals surface area contributed by atoms with Crippen molar-refractivity contribution in [3.8, 4) is 0 Å². The molecule has 0 unspecified atom stereocenters. The number of esters is 1. The summed E-state index contributed by atoms with van der Waals surface area (Å²) < 4.78 is 4.96. The van der Waals surface area contributed by atoms with Crippen LogP contribution >= 0.6 is 0 Å². The van der Waals surface area contributed by atoms with Gasteiger partial charge in [0.25, 0.3) is 0 Å². The fraction of sp³-hybridized carbons (Fsp3) is 0.600. The topological polar surface area (TPSA) is 75.6 Å². The third-order valence-electron chi connectivity index (χ3n) is 3.78. The predicted molar refractivity (Wildman–Crippen MR) is 81.9 cm³/mol. The van der Waals surface area contributed by atoms with Crippen molar-refractivity contribution < 1.29 is 14.3 Å². The van der Waals surface area contributed by atoms with Gasteiger partial charge in [0.2, 0.25) is 0 Å². The number of piperazine rings is 1. The molecule has 1 fully saturated rings. The highest BCUT2D eigenvalue weighted by Gasteiger charge is 2.25. The quantitative estimate of drug-likeness (QED) is 0.567. The summed E-state index contributed by atoms with van der Waals surface area (Å²) in [6, 6.07) is 0.315. The van der Waals surface area contributed by atoms with Gasteiger partial charge in [0.05, 0.1) is 25.4 Å². The first-order valence-electron chi connectivity index (χ1n) is 7.56. The molecule has 0 aromatic carbocycles. The van der Waals surface area contributed by atoms with E-state index in [1.165, 1.54) is 6.20 Å². The summed E-state index contributed by atoms with van der Waals surface area (Å²) in [6.45, 7) is 7.58. The van der Waals surface area contributed by atoms with E-state index in [4.69, 9.17) is 4.74 Å². The highest BCUT2D eigenvalue weighted by atomic mass is 16.5. The zero-order valence-electron chi connectivity index (χ0n) is 13.1. The first-order chi connectivity index (χ1) is 10.6. The monoisotopic (exact) mass is 306 g/mol. The number of aldehydes is 1. The summed E-state index contributed by atoms with van der Waals surface area (Å²) in [4.78, 5) is 34.8. The van der Waals surface area contributed by atoms with E-state index in [1.54, 1.807) is 6.20 Å². The molecule has 0 radical (unpaired) electrons. The van der Waals surface area contributed by atoms with E-state index in [1.807, 2.05) is 6.92 Å². The van der Waals surface area contributed by atoms with Crippen LogP contribution in [-0.4, -0.2) is 66.0 Å². The fourth-order valence-electron chi connectivity index (χ4n) is 2.56. The number of rotatable bonds is 6. The molecule has 0 saturated carbocycles. The van der Waals surface area contributed by atoms with E-state index in [9.17, 15) is 9.59 Å². The van der Waals surface area contributed by atoms with E-state index < -0.39 is 0 Å². The van der Waals surface area contributed by atoms with E-state index >= 15 is 0 Å². The summed E-state index contributed by atoms with van der Waals surface area (Å²) in [7, 11) is 0. The molecule has 1 aliphatic heterocycles. The van der Waals surface area contributed by atoms with Gasteiger partial charge < -0.3 is 9.64 Å². The second-order valence-corrected chi connectivity index (χ2v) is 5.30. The van der Waals surface area contributed by atoms with Crippen LogP contribution in [0.5, 0.6) is 0 Å². The van der Waals surface area contributed by atoms with Crippen LogP contribution in [0, 0.1) is 0 Å². The van der Waals surface area contributed by atoms with Crippen LogP contribution < -0.4 is 4.90 Å². The van der Waals surface area contributed by atoms with Gasteiger partial charge >= 0.3 is 5.97 Å². The maximum Gasteiger partial charge on any atom is 0.307 e. The SMILES string of the molecule is CCOC(=O)CCN1CCN(c2cnc(C=O)cn2)C[C@H]1C. The molecule has 0 bridgehead atoms. The first kappa shape index (κ1) is 16.4. The van der Waals surface area contributed by atoms with Crippen LogP contribution in [0.4, 0.5) is 5.82 Å². The number of nitrogens with zero attached hydrogens (tertiary/aromatic N) is 4. The zero-order valence-corrected chi connectivity index (χ0v) is 13.1. The minimum Gasteiger partial charge on any atom is -0.466 e. The maximum absolute atomic E-state index is 11.4. The molecule has 0 N–H and O–H groups in total. The van der Waals surface area contributed by atoms with Crippen molar-refractivity contribution >= 4 is 18.1 Å². The lowest BCUT2D eigenvalue weighted by Gasteiger charge is -2.40. The normalized spacial score (nSPS) is 19.0.